The zero-order valence-corrected chi connectivity index (χ0v) is 13.9. The molecule has 0 spiro atoms. The number of nitrogens with zero attached hydrogens (tertiary/aromatic N) is 1. The van der Waals surface area contributed by atoms with Crippen LogP contribution in [0.25, 0.3) is 0 Å². The van der Waals surface area contributed by atoms with Gasteiger partial charge in [0.25, 0.3) is 5.91 Å². The van der Waals surface area contributed by atoms with Crippen molar-refractivity contribution < 1.29 is 27.9 Å². The molecule has 0 aromatic heterocycles. The van der Waals surface area contributed by atoms with Gasteiger partial charge in [0.1, 0.15) is 23.9 Å². The van der Waals surface area contributed by atoms with Crippen LogP contribution in [0.3, 0.4) is 0 Å². The first-order valence-electron chi connectivity index (χ1n) is 8.10. The second kappa shape index (κ2) is 8.55. The van der Waals surface area contributed by atoms with E-state index in [1.165, 1.54) is 17.9 Å². The molecule has 1 atom stereocenters. The number of esters is 1. The average molecular weight is 354 g/mol. The van der Waals surface area contributed by atoms with Crippen LogP contribution < -0.4 is 5.32 Å². The molecule has 1 aliphatic rings. The van der Waals surface area contributed by atoms with E-state index >= 15 is 0 Å². The number of para-hydroxylation sites is 1. The minimum absolute atomic E-state index is 0.125. The van der Waals surface area contributed by atoms with E-state index < -0.39 is 35.3 Å². The minimum atomic E-state index is -1.26. The van der Waals surface area contributed by atoms with Gasteiger partial charge in [-0.05, 0) is 31.9 Å². The fraction of sp³-hybridized carbons (Fsp3) is 0.471. The van der Waals surface area contributed by atoms with E-state index in [-0.39, 0.29) is 12.5 Å². The number of benzene rings is 1. The lowest BCUT2D eigenvalue weighted by molar-refractivity contribution is -0.156. The number of ether oxygens (including phenoxy) is 1. The summed E-state index contributed by atoms with van der Waals surface area (Å²) < 4.78 is 32.0. The summed E-state index contributed by atoms with van der Waals surface area (Å²) in [6, 6.07) is 3.17. The van der Waals surface area contributed by atoms with Gasteiger partial charge in [0.15, 0.2) is 6.10 Å². The highest BCUT2D eigenvalue weighted by Crippen LogP contribution is 2.18. The normalized spacial score (nSPS) is 16.1. The molecule has 1 fully saturated rings. The molecule has 0 saturated carbocycles. The van der Waals surface area contributed by atoms with Crippen LogP contribution in [-0.4, -0.2) is 41.9 Å². The Morgan fingerprint density at radius 3 is 2.60 bits per heavy atom. The van der Waals surface area contributed by atoms with Crippen LogP contribution in [0.15, 0.2) is 18.2 Å². The Morgan fingerprint density at radius 2 is 1.92 bits per heavy atom. The maximum Gasteiger partial charge on any atom is 0.326 e. The quantitative estimate of drug-likeness (QED) is 0.823. The molecular formula is C17H20F2N2O4. The number of anilines is 1. The predicted molar refractivity (Wildman–Crippen MR) is 85.6 cm³/mol. The predicted octanol–water partition coefficient (Wildman–Crippen LogP) is 2.24. The first-order valence-corrected chi connectivity index (χ1v) is 8.10. The molecule has 1 aromatic rings. The van der Waals surface area contributed by atoms with Crippen molar-refractivity contribution in [3.63, 3.8) is 0 Å². The van der Waals surface area contributed by atoms with E-state index in [9.17, 15) is 23.2 Å². The van der Waals surface area contributed by atoms with Gasteiger partial charge in [0.2, 0.25) is 5.91 Å². The SMILES string of the molecule is CC(OC(=O)CN1CCCCCC1=O)C(=O)Nc1c(F)cccc1F. The van der Waals surface area contributed by atoms with Crippen LogP contribution in [0.5, 0.6) is 0 Å². The van der Waals surface area contributed by atoms with E-state index in [4.69, 9.17) is 4.74 Å². The van der Waals surface area contributed by atoms with Gasteiger partial charge in [-0.15, -0.1) is 0 Å². The molecule has 0 bridgehead atoms. The van der Waals surface area contributed by atoms with Gasteiger partial charge in [0, 0.05) is 13.0 Å². The van der Waals surface area contributed by atoms with E-state index in [0.29, 0.717) is 13.0 Å². The van der Waals surface area contributed by atoms with Crippen LogP contribution in [0.1, 0.15) is 32.6 Å². The number of hydrogen-bond acceptors (Lipinski definition) is 4. The zero-order chi connectivity index (χ0) is 18.4. The molecule has 25 heavy (non-hydrogen) atoms. The fourth-order valence-electron chi connectivity index (χ4n) is 2.49. The second-order valence-electron chi connectivity index (χ2n) is 5.84. The number of nitrogens with one attached hydrogen (secondary N) is 1. The smallest absolute Gasteiger partial charge is 0.326 e. The third-order valence-corrected chi connectivity index (χ3v) is 3.88. The second-order valence-corrected chi connectivity index (χ2v) is 5.84. The van der Waals surface area contributed by atoms with Crippen molar-refractivity contribution in [3.8, 4) is 0 Å². The Bertz CT molecular complexity index is 646. The summed E-state index contributed by atoms with van der Waals surface area (Å²) in [4.78, 5) is 37.1. The molecule has 6 nitrogen and oxygen atoms in total. The Morgan fingerprint density at radius 1 is 1.24 bits per heavy atom. The third kappa shape index (κ3) is 5.23. The molecule has 0 radical (unpaired) electrons. The minimum Gasteiger partial charge on any atom is -0.451 e. The maximum absolute atomic E-state index is 13.5. The average Bonchev–Trinajstić information content (AvgIpc) is 2.75. The van der Waals surface area contributed by atoms with Gasteiger partial charge in [0.05, 0.1) is 0 Å². The van der Waals surface area contributed by atoms with Crippen molar-refractivity contribution >= 4 is 23.5 Å². The monoisotopic (exact) mass is 354 g/mol. The molecule has 1 heterocycles. The molecule has 136 valence electrons. The summed E-state index contributed by atoms with van der Waals surface area (Å²) in [5.41, 5.74) is -0.599. The fourth-order valence-corrected chi connectivity index (χ4v) is 2.49. The molecule has 8 heteroatoms. The highest BCUT2D eigenvalue weighted by atomic mass is 19.1. The summed E-state index contributed by atoms with van der Waals surface area (Å²) in [5.74, 6) is -3.59. The van der Waals surface area contributed by atoms with E-state index in [2.05, 4.69) is 5.32 Å². The standard InChI is InChI=1S/C17H20F2N2O4/c1-11(17(24)20-16-12(18)6-5-7-13(16)19)25-15(23)10-21-9-4-2-3-8-14(21)22/h5-7,11H,2-4,8-10H2,1H3,(H,20,24). The summed E-state index contributed by atoms with van der Waals surface area (Å²) >= 11 is 0. The van der Waals surface area contributed by atoms with E-state index in [1.54, 1.807) is 0 Å². The van der Waals surface area contributed by atoms with Crippen molar-refractivity contribution in [2.75, 3.05) is 18.4 Å². The number of carbonyl (C=O) groups excluding carboxylic acids is 3. The summed E-state index contributed by atoms with van der Waals surface area (Å²) in [7, 11) is 0. The number of amides is 2. The molecular weight excluding hydrogens is 334 g/mol. The molecule has 1 saturated heterocycles. The van der Waals surface area contributed by atoms with Crippen LogP contribution in [0, 0.1) is 11.6 Å². The van der Waals surface area contributed by atoms with Crippen molar-refractivity contribution in [1.29, 1.82) is 0 Å². The lowest BCUT2D eigenvalue weighted by atomic mass is 10.2. The third-order valence-electron chi connectivity index (χ3n) is 3.88. The highest BCUT2D eigenvalue weighted by Gasteiger charge is 2.24. The number of carbonyl (C=O) groups is 3. The number of likely N-dealkylation sites (tertiary alicyclic amines) is 1. The largest absolute Gasteiger partial charge is 0.451 e. The number of rotatable bonds is 5. The van der Waals surface area contributed by atoms with Crippen molar-refractivity contribution in [2.24, 2.45) is 0 Å². The van der Waals surface area contributed by atoms with Crippen molar-refractivity contribution in [3.05, 3.63) is 29.8 Å². The Balaban J connectivity index is 1.89. The van der Waals surface area contributed by atoms with Gasteiger partial charge in [-0.3, -0.25) is 14.4 Å². The molecule has 1 aromatic carbocycles. The molecule has 2 rings (SSSR count). The van der Waals surface area contributed by atoms with Gasteiger partial charge >= 0.3 is 5.97 Å². The van der Waals surface area contributed by atoms with Gasteiger partial charge in [-0.25, -0.2) is 8.78 Å². The molecule has 1 unspecified atom stereocenters. The summed E-state index contributed by atoms with van der Waals surface area (Å²) in [6.45, 7) is 1.51. The molecule has 0 aliphatic carbocycles. The lowest BCUT2D eigenvalue weighted by Gasteiger charge is -2.21. The summed E-state index contributed by atoms with van der Waals surface area (Å²) in [5, 5.41) is 2.06. The number of halogens is 2. The van der Waals surface area contributed by atoms with Crippen molar-refractivity contribution in [2.45, 2.75) is 38.7 Å². The van der Waals surface area contributed by atoms with Crippen LogP contribution in [-0.2, 0) is 19.1 Å². The lowest BCUT2D eigenvalue weighted by Crippen LogP contribution is -2.39. The summed E-state index contributed by atoms with van der Waals surface area (Å²) in [6.07, 6.45) is 1.65. The number of hydrogen-bond donors (Lipinski definition) is 1. The highest BCUT2D eigenvalue weighted by molar-refractivity contribution is 5.95. The van der Waals surface area contributed by atoms with Gasteiger partial charge < -0.3 is 15.0 Å². The molecule has 2 amide bonds. The van der Waals surface area contributed by atoms with E-state index in [1.807, 2.05) is 0 Å². The van der Waals surface area contributed by atoms with Crippen LogP contribution >= 0.6 is 0 Å². The topological polar surface area (TPSA) is 75.7 Å². The Labute approximate surface area is 144 Å². The molecule has 1 N–H and O–H groups in total. The van der Waals surface area contributed by atoms with Crippen LogP contribution in [0.4, 0.5) is 14.5 Å². The Hall–Kier alpha value is -2.51. The Kier molecular flexibility index (Phi) is 6.44. The van der Waals surface area contributed by atoms with Crippen molar-refractivity contribution in [1.82, 2.24) is 4.90 Å². The van der Waals surface area contributed by atoms with Crippen LogP contribution in [0.2, 0.25) is 0 Å². The first kappa shape index (κ1) is 18.8. The molecule has 1 aliphatic heterocycles. The zero-order valence-electron chi connectivity index (χ0n) is 13.9. The van der Waals surface area contributed by atoms with E-state index in [0.717, 1.165) is 31.4 Å². The van der Waals surface area contributed by atoms with Gasteiger partial charge in [-0.2, -0.15) is 0 Å². The maximum atomic E-state index is 13.5. The van der Waals surface area contributed by atoms with Gasteiger partial charge in [-0.1, -0.05) is 12.5 Å². The first-order chi connectivity index (χ1) is 11.9.